The molecule has 1 N–H and O–H groups in total. The molecule has 7 nitrogen and oxygen atoms in total. The standard InChI is InChI=1S/C23H28FN5O2S2/c1-2-27(15-21(30)25-13-17-7-9-18(24)10-8-17)16-29-23(32)28(14-19-5-3-11-31-19)22(26-29)20-6-4-12-33-20/h4,6-10,12,19H,2-3,5,11,13-16H2,1H3,(H,25,30). The van der Waals surface area contributed by atoms with Crippen molar-refractivity contribution in [2.24, 2.45) is 0 Å². The lowest BCUT2D eigenvalue weighted by molar-refractivity contribution is -0.122. The molecule has 1 amide bonds. The predicted octanol–water partition coefficient (Wildman–Crippen LogP) is 4.06. The Morgan fingerprint density at radius 1 is 1.36 bits per heavy atom. The third kappa shape index (κ3) is 6.14. The van der Waals surface area contributed by atoms with Crippen molar-refractivity contribution < 1.29 is 13.9 Å². The second-order valence-corrected chi connectivity index (χ2v) is 9.33. The maximum absolute atomic E-state index is 13.1. The molecule has 1 aliphatic heterocycles. The molecule has 4 rings (SSSR count). The van der Waals surface area contributed by atoms with E-state index >= 15 is 0 Å². The van der Waals surface area contributed by atoms with Crippen LogP contribution in [-0.2, 0) is 29.3 Å². The number of amides is 1. The van der Waals surface area contributed by atoms with Gasteiger partial charge in [-0.2, -0.15) is 0 Å². The van der Waals surface area contributed by atoms with Gasteiger partial charge in [0.05, 0.1) is 30.7 Å². The summed E-state index contributed by atoms with van der Waals surface area (Å²) in [5, 5.41) is 9.73. The molecule has 1 aliphatic rings. The summed E-state index contributed by atoms with van der Waals surface area (Å²) in [5.41, 5.74) is 0.850. The van der Waals surface area contributed by atoms with Crippen LogP contribution in [0, 0.1) is 10.6 Å². The second kappa shape index (κ2) is 11.1. The average Bonchev–Trinajstić information content (AvgIpc) is 3.57. The van der Waals surface area contributed by atoms with Crippen LogP contribution in [-0.4, -0.2) is 51.0 Å². The zero-order chi connectivity index (χ0) is 23.2. The Kier molecular flexibility index (Phi) is 8.02. The van der Waals surface area contributed by atoms with Crippen molar-refractivity contribution >= 4 is 29.5 Å². The quantitative estimate of drug-likeness (QED) is 0.435. The van der Waals surface area contributed by atoms with Crippen LogP contribution in [0.4, 0.5) is 4.39 Å². The molecule has 33 heavy (non-hydrogen) atoms. The van der Waals surface area contributed by atoms with Gasteiger partial charge >= 0.3 is 0 Å². The highest BCUT2D eigenvalue weighted by Crippen LogP contribution is 2.25. The fourth-order valence-electron chi connectivity index (χ4n) is 3.79. The number of benzene rings is 1. The number of ether oxygens (including phenoxy) is 1. The third-order valence-corrected chi connectivity index (χ3v) is 6.92. The van der Waals surface area contributed by atoms with Gasteiger partial charge in [0.1, 0.15) is 5.82 Å². The Hall–Kier alpha value is -2.40. The second-order valence-electron chi connectivity index (χ2n) is 8.02. The van der Waals surface area contributed by atoms with Gasteiger partial charge in [0.2, 0.25) is 5.91 Å². The van der Waals surface area contributed by atoms with Gasteiger partial charge in [0.15, 0.2) is 10.6 Å². The molecular formula is C23H28FN5O2S2. The van der Waals surface area contributed by atoms with Crippen LogP contribution in [0.15, 0.2) is 41.8 Å². The van der Waals surface area contributed by atoms with Crippen LogP contribution >= 0.6 is 23.6 Å². The van der Waals surface area contributed by atoms with Gasteiger partial charge in [-0.25, -0.2) is 9.07 Å². The first kappa shape index (κ1) is 23.7. The molecule has 0 radical (unpaired) electrons. The van der Waals surface area contributed by atoms with E-state index in [-0.39, 0.29) is 24.4 Å². The zero-order valence-electron chi connectivity index (χ0n) is 18.6. The van der Waals surface area contributed by atoms with E-state index in [1.54, 1.807) is 28.2 Å². The summed E-state index contributed by atoms with van der Waals surface area (Å²) >= 11 is 7.41. The van der Waals surface area contributed by atoms with Gasteiger partial charge in [-0.15, -0.1) is 16.4 Å². The molecule has 1 atom stereocenters. The van der Waals surface area contributed by atoms with Crippen molar-refractivity contribution in [1.82, 2.24) is 24.6 Å². The lowest BCUT2D eigenvalue weighted by Crippen LogP contribution is -2.38. The van der Waals surface area contributed by atoms with Gasteiger partial charge in [-0.05, 0) is 60.7 Å². The summed E-state index contributed by atoms with van der Waals surface area (Å²) in [4.78, 5) is 15.6. The fraction of sp³-hybridized carbons (Fsp3) is 0.435. The summed E-state index contributed by atoms with van der Waals surface area (Å²) in [6, 6.07) is 10.2. The van der Waals surface area contributed by atoms with Crippen LogP contribution in [0.25, 0.3) is 10.7 Å². The van der Waals surface area contributed by atoms with Crippen LogP contribution in [0.3, 0.4) is 0 Å². The number of nitrogens with one attached hydrogen (secondary N) is 1. The lowest BCUT2D eigenvalue weighted by Gasteiger charge is -2.19. The summed E-state index contributed by atoms with van der Waals surface area (Å²) < 4.78 is 23.4. The molecule has 3 heterocycles. The topological polar surface area (TPSA) is 64.3 Å². The highest BCUT2D eigenvalue weighted by atomic mass is 32.1. The molecule has 2 aromatic heterocycles. The molecule has 1 unspecified atom stereocenters. The van der Waals surface area contributed by atoms with Crippen LogP contribution < -0.4 is 5.32 Å². The summed E-state index contributed by atoms with van der Waals surface area (Å²) in [7, 11) is 0. The number of rotatable bonds is 10. The van der Waals surface area contributed by atoms with E-state index < -0.39 is 0 Å². The Labute approximate surface area is 201 Å². The number of likely N-dealkylation sites (N-methyl/N-ethyl adjacent to an activating group) is 1. The summed E-state index contributed by atoms with van der Waals surface area (Å²) in [6.45, 7) is 5.11. The molecular weight excluding hydrogens is 461 g/mol. The van der Waals surface area contributed by atoms with Gasteiger partial charge in [-0.1, -0.05) is 25.1 Å². The fourth-order valence-corrected chi connectivity index (χ4v) is 4.77. The maximum atomic E-state index is 13.1. The number of thiophene rings is 1. The minimum absolute atomic E-state index is 0.107. The van der Waals surface area contributed by atoms with Crippen molar-refractivity contribution in [3.8, 4) is 10.7 Å². The number of carbonyl (C=O) groups excluding carboxylic acids is 1. The van der Waals surface area contributed by atoms with E-state index in [2.05, 4.69) is 9.88 Å². The Balaban J connectivity index is 1.44. The van der Waals surface area contributed by atoms with Crippen molar-refractivity contribution in [2.75, 3.05) is 19.7 Å². The molecule has 0 spiro atoms. The Morgan fingerprint density at radius 2 is 2.18 bits per heavy atom. The van der Waals surface area contributed by atoms with Gasteiger partial charge in [-0.3, -0.25) is 14.3 Å². The Morgan fingerprint density at radius 3 is 2.85 bits per heavy atom. The van der Waals surface area contributed by atoms with Crippen molar-refractivity contribution in [3.05, 3.63) is 57.9 Å². The molecule has 176 valence electrons. The van der Waals surface area contributed by atoms with Gasteiger partial charge in [0.25, 0.3) is 0 Å². The Bertz CT molecular complexity index is 1110. The van der Waals surface area contributed by atoms with E-state index in [1.165, 1.54) is 12.1 Å². The lowest BCUT2D eigenvalue weighted by atomic mass is 10.2. The predicted molar refractivity (Wildman–Crippen MR) is 129 cm³/mol. The molecule has 3 aromatic rings. The first-order chi connectivity index (χ1) is 16.0. The number of nitrogens with zero attached hydrogens (tertiary/aromatic N) is 4. The average molecular weight is 490 g/mol. The molecule has 1 saturated heterocycles. The minimum Gasteiger partial charge on any atom is -0.376 e. The number of carbonyl (C=O) groups is 1. The van der Waals surface area contributed by atoms with Crippen molar-refractivity contribution in [3.63, 3.8) is 0 Å². The zero-order valence-corrected chi connectivity index (χ0v) is 20.2. The van der Waals surface area contributed by atoms with E-state index in [4.69, 9.17) is 22.1 Å². The highest BCUT2D eigenvalue weighted by molar-refractivity contribution is 7.71. The first-order valence-electron chi connectivity index (χ1n) is 11.1. The number of aromatic nitrogens is 3. The van der Waals surface area contributed by atoms with E-state index in [1.807, 2.05) is 29.3 Å². The van der Waals surface area contributed by atoms with Crippen LogP contribution in [0.5, 0.6) is 0 Å². The largest absolute Gasteiger partial charge is 0.376 e. The molecule has 1 aromatic carbocycles. The smallest absolute Gasteiger partial charge is 0.234 e. The highest BCUT2D eigenvalue weighted by Gasteiger charge is 2.22. The summed E-state index contributed by atoms with van der Waals surface area (Å²) in [6.07, 6.45) is 2.23. The molecule has 1 fully saturated rings. The van der Waals surface area contributed by atoms with Gasteiger partial charge < -0.3 is 10.1 Å². The van der Waals surface area contributed by atoms with E-state index in [0.717, 1.165) is 35.7 Å². The first-order valence-corrected chi connectivity index (χ1v) is 12.4. The molecule has 0 aliphatic carbocycles. The maximum Gasteiger partial charge on any atom is 0.234 e. The van der Waals surface area contributed by atoms with Gasteiger partial charge in [0, 0.05) is 13.2 Å². The molecule has 0 saturated carbocycles. The number of hydrogen-bond donors (Lipinski definition) is 1. The van der Waals surface area contributed by atoms with E-state index in [0.29, 0.717) is 31.1 Å². The van der Waals surface area contributed by atoms with Crippen LogP contribution in [0.2, 0.25) is 0 Å². The minimum atomic E-state index is -0.292. The number of halogens is 1. The SMILES string of the molecule is CCN(CC(=O)NCc1ccc(F)cc1)Cn1nc(-c2cccs2)n(CC2CCCO2)c1=S. The molecule has 10 heteroatoms. The number of hydrogen-bond acceptors (Lipinski definition) is 6. The van der Waals surface area contributed by atoms with E-state index in [9.17, 15) is 9.18 Å². The molecule has 0 bridgehead atoms. The third-order valence-electron chi connectivity index (χ3n) is 5.63. The van der Waals surface area contributed by atoms with Crippen LogP contribution in [0.1, 0.15) is 25.3 Å². The monoisotopic (exact) mass is 489 g/mol. The summed E-state index contributed by atoms with van der Waals surface area (Å²) in [5.74, 6) is 0.437. The normalized spacial score (nSPS) is 15.9. The van der Waals surface area contributed by atoms with Crippen molar-refractivity contribution in [1.29, 1.82) is 0 Å². The van der Waals surface area contributed by atoms with Crippen molar-refractivity contribution in [2.45, 2.75) is 45.6 Å².